The maximum Gasteiger partial charge on any atom is 0.416 e. The normalized spacial score (nSPS) is 12.1. The molecule has 10 heteroatoms. The number of benzene rings is 2. The summed E-state index contributed by atoms with van der Waals surface area (Å²) in [6.45, 7) is 6.10. The summed E-state index contributed by atoms with van der Waals surface area (Å²) in [6.07, 6.45) is -3.17. The van der Waals surface area contributed by atoms with Crippen LogP contribution in [0.15, 0.2) is 65.8 Å². The van der Waals surface area contributed by atoms with Crippen LogP contribution in [0.25, 0.3) is 22.5 Å². The molecule has 4 rings (SSSR count). The van der Waals surface area contributed by atoms with Crippen LogP contribution in [0.3, 0.4) is 0 Å². The predicted molar refractivity (Wildman–Crippen MR) is 132 cm³/mol. The monoisotopic (exact) mass is 511 g/mol. The Kier molecular flexibility index (Phi) is 7.26. The van der Waals surface area contributed by atoms with E-state index in [1.54, 1.807) is 6.20 Å². The number of hydrogen-bond donors (Lipinski definition) is 1. The number of nitrogens with one attached hydrogen (secondary N) is 1. The quantitative estimate of drug-likeness (QED) is 0.298. The van der Waals surface area contributed by atoms with Gasteiger partial charge in [0.15, 0.2) is 0 Å². The van der Waals surface area contributed by atoms with Crippen molar-refractivity contribution in [3.8, 4) is 22.5 Å². The van der Waals surface area contributed by atoms with E-state index in [1.807, 2.05) is 51.1 Å². The van der Waals surface area contributed by atoms with Crippen LogP contribution in [0.5, 0.6) is 0 Å². The van der Waals surface area contributed by atoms with Gasteiger partial charge in [-0.15, -0.1) is 22.0 Å². The van der Waals surface area contributed by atoms with E-state index in [0.29, 0.717) is 16.4 Å². The van der Waals surface area contributed by atoms with Crippen LogP contribution in [0.2, 0.25) is 0 Å². The molecule has 0 fully saturated rings. The van der Waals surface area contributed by atoms with E-state index < -0.39 is 11.7 Å². The molecule has 0 aliphatic carbocycles. The van der Waals surface area contributed by atoms with Crippen molar-refractivity contribution in [3.05, 3.63) is 77.5 Å². The van der Waals surface area contributed by atoms with E-state index in [0.717, 1.165) is 22.8 Å². The molecule has 0 aliphatic heterocycles. The Balaban J connectivity index is 1.70. The summed E-state index contributed by atoms with van der Waals surface area (Å²) < 4.78 is 40.1. The van der Waals surface area contributed by atoms with Crippen LogP contribution in [-0.4, -0.2) is 36.1 Å². The molecule has 0 unspecified atom stereocenters. The first-order valence-electron chi connectivity index (χ1n) is 11.2. The number of ketones is 1. The Labute approximate surface area is 210 Å². The van der Waals surface area contributed by atoms with Crippen LogP contribution in [0.1, 0.15) is 37.5 Å². The molecule has 1 N–H and O–H groups in total. The van der Waals surface area contributed by atoms with Gasteiger partial charge < -0.3 is 0 Å². The molecular weight excluding hydrogens is 487 g/mol. The van der Waals surface area contributed by atoms with Gasteiger partial charge in [-0.25, -0.2) is 4.98 Å². The molecular formula is C26H24F3N5OS. The zero-order valence-electron chi connectivity index (χ0n) is 19.9. The minimum absolute atomic E-state index is 0.0356. The maximum absolute atomic E-state index is 13.4. The third kappa shape index (κ3) is 6.17. The number of H-pyrrole nitrogens is 1. The molecule has 0 radical (unpaired) electrons. The molecule has 2 aromatic carbocycles. The Morgan fingerprint density at radius 2 is 1.61 bits per heavy atom. The lowest BCUT2D eigenvalue weighted by molar-refractivity contribution is -0.138. The Morgan fingerprint density at radius 3 is 2.28 bits per heavy atom. The van der Waals surface area contributed by atoms with Gasteiger partial charge in [-0.05, 0) is 34.0 Å². The standard InChI is InChI=1S/C26H24F3N5OS/c1-25(2,3)36-24-17(14-19(35)13-16-8-4-7-11-22(16)26(27,28)29)12-18(15-30-24)20-9-5-6-10-21(20)23-31-33-34-32-23/h4-12,15H,13-14H2,1-3H3,(H,31,32,33,34). The molecule has 0 saturated carbocycles. The van der Waals surface area contributed by atoms with E-state index >= 15 is 0 Å². The van der Waals surface area contributed by atoms with Crippen molar-refractivity contribution < 1.29 is 18.0 Å². The molecule has 186 valence electrons. The fraction of sp³-hybridized carbons (Fsp3) is 0.269. The fourth-order valence-electron chi connectivity index (χ4n) is 3.80. The van der Waals surface area contributed by atoms with Crippen molar-refractivity contribution in [2.75, 3.05) is 0 Å². The lowest BCUT2D eigenvalue weighted by atomic mass is 9.96. The molecule has 0 atom stereocenters. The molecule has 2 heterocycles. The summed E-state index contributed by atoms with van der Waals surface area (Å²) in [5.41, 5.74) is 2.11. The highest BCUT2D eigenvalue weighted by atomic mass is 32.2. The van der Waals surface area contributed by atoms with Crippen LogP contribution < -0.4 is 0 Å². The smallest absolute Gasteiger partial charge is 0.299 e. The molecule has 0 bridgehead atoms. The largest absolute Gasteiger partial charge is 0.416 e. The molecule has 0 amide bonds. The molecule has 6 nitrogen and oxygen atoms in total. The molecule has 0 spiro atoms. The van der Waals surface area contributed by atoms with Crippen molar-refractivity contribution in [2.45, 2.75) is 49.6 Å². The molecule has 0 aliphatic rings. The van der Waals surface area contributed by atoms with E-state index in [-0.39, 0.29) is 28.9 Å². The number of hydrogen-bond acceptors (Lipinski definition) is 6. The highest BCUT2D eigenvalue weighted by Crippen LogP contribution is 2.37. The SMILES string of the molecule is CC(C)(C)Sc1ncc(-c2ccccc2-c2nn[nH]n2)cc1CC(=O)Cc1ccccc1C(F)(F)F. The summed E-state index contributed by atoms with van der Waals surface area (Å²) in [6, 6.07) is 14.5. The van der Waals surface area contributed by atoms with Crippen molar-refractivity contribution in [2.24, 2.45) is 0 Å². The number of alkyl halides is 3. The highest BCUT2D eigenvalue weighted by molar-refractivity contribution is 8.00. The van der Waals surface area contributed by atoms with E-state index in [2.05, 4.69) is 25.6 Å². The van der Waals surface area contributed by atoms with Crippen LogP contribution >= 0.6 is 11.8 Å². The van der Waals surface area contributed by atoms with Crippen molar-refractivity contribution >= 4 is 17.5 Å². The number of thioether (sulfide) groups is 1. The van der Waals surface area contributed by atoms with E-state index in [4.69, 9.17) is 0 Å². The second-order valence-corrected chi connectivity index (χ2v) is 11.0. The number of aromatic amines is 1. The lowest BCUT2D eigenvalue weighted by Crippen LogP contribution is -2.15. The maximum atomic E-state index is 13.4. The molecule has 36 heavy (non-hydrogen) atoms. The summed E-state index contributed by atoms with van der Waals surface area (Å²) in [4.78, 5) is 17.7. The van der Waals surface area contributed by atoms with Gasteiger partial charge >= 0.3 is 6.18 Å². The van der Waals surface area contributed by atoms with Gasteiger partial charge in [-0.3, -0.25) is 4.79 Å². The number of carbonyl (C=O) groups is 1. The van der Waals surface area contributed by atoms with Gasteiger partial charge in [0, 0.05) is 34.9 Å². The van der Waals surface area contributed by atoms with Gasteiger partial charge in [0.25, 0.3) is 0 Å². The summed E-state index contributed by atoms with van der Waals surface area (Å²) in [7, 11) is 0. The first-order chi connectivity index (χ1) is 17.0. The summed E-state index contributed by atoms with van der Waals surface area (Å²) in [5, 5.41) is 14.9. The summed E-state index contributed by atoms with van der Waals surface area (Å²) in [5.74, 6) is 0.0907. The average Bonchev–Trinajstić information content (AvgIpc) is 3.34. The number of nitrogens with zero attached hydrogens (tertiary/aromatic N) is 4. The molecule has 2 aromatic heterocycles. The Hall–Kier alpha value is -3.53. The predicted octanol–water partition coefficient (Wildman–Crippen LogP) is 6.19. The minimum Gasteiger partial charge on any atom is -0.299 e. The number of tetrazole rings is 1. The van der Waals surface area contributed by atoms with Gasteiger partial charge in [-0.2, -0.15) is 18.4 Å². The average molecular weight is 512 g/mol. The second kappa shape index (κ2) is 10.2. The van der Waals surface area contributed by atoms with E-state index in [9.17, 15) is 18.0 Å². The first kappa shape index (κ1) is 25.6. The number of pyridine rings is 1. The van der Waals surface area contributed by atoms with Crippen molar-refractivity contribution in [1.29, 1.82) is 0 Å². The second-order valence-electron chi connectivity index (χ2n) is 9.23. The summed E-state index contributed by atoms with van der Waals surface area (Å²) >= 11 is 1.51. The zero-order valence-corrected chi connectivity index (χ0v) is 20.7. The zero-order chi connectivity index (χ0) is 25.9. The number of aromatic nitrogens is 5. The number of carbonyl (C=O) groups excluding carboxylic acids is 1. The Bertz CT molecular complexity index is 1360. The number of halogens is 3. The van der Waals surface area contributed by atoms with Gasteiger partial charge in [0.1, 0.15) is 10.8 Å². The van der Waals surface area contributed by atoms with Crippen molar-refractivity contribution in [3.63, 3.8) is 0 Å². The Morgan fingerprint density at radius 1 is 0.944 bits per heavy atom. The van der Waals surface area contributed by atoms with Gasteiger partial charge in [-0.1, -0.05) is 63.2 Å². The van der Waals surface area contributed by atoms with E-state index in [1.165, 1.54) is 30.0 Å². The first-order valence-corrected chi connectivity index (χ1v) is 12.0. The van der Waals surface area contributed by atoms with Crippen LogP contribution in [0.4, 0.5) is 13.2 Å². The molecule has 4 aromatic rings. The van der Waals surface area contributed by atoms with Crippen molar-refractivity contribution in [1.82, 2.24) is 25.6 Å². The topological polar surface area (TPSA) is 84.4 Å². The minimum atomic E-state index is -4.52. The van der Waals surface area contributed by atoms with Gasteiger partial charge in [0.05, 0.1) is 5.56 Å². The molecule has 0 saturated heterocycles. The van der Waals surface area contributed by atoms with Crippen LogP contribution in [0, 0.1) is 0 Å². The third-order valence-corrected chi connectivity index (χ3v) is 6.42. The highest BCUT2D eigenvalue weighted by Gasteiger charge is 2.33. The van der Waals surface area contributed by atoms with Gasteiger partial charge in [0.2, 0.25) is 5.82 Å². The number of Topliss-reactive ketones (excluding diaryl/α,β-unsaturated/α-hetero) is 1. The third-order valence-electron chi connectivity index (χ3n) is 5.25. The van der Waals surface area contributed by atoms with Crippen LogP contribution in [-0.2, 0) is 23.8 Å². The lowest BCUT2D eigenvalue weighted by Gasteiger charge is -2.20. The fourth-order valence-corrected chi connectivity index (χ4v) is 4.75. The number of rotatable bonds is 7.